The molecule has 0 atom stereocenters. The molecule has 0 aromatic heterocycles. The van der Waals surface area contributed by atoms with Gasteiger partial charge in [0.2, 0.25) is 0 Å². The predicted octanol–water partition coefficient (Wildman–Crippen LogP) is 0.226. The Hall–Kier alpha value is -1.82. The summed E-state index contributed by atoms with van der Waals surface area (Å²) in [4.78, 5) is 18.6. The summed E-state index contributed by atoms with van der Waals surface area (Å²) in [7, 11) is 0. The Bertz CT molecular complexity index is 198. The number of urea groups is 1. The Kier molecular flexibility index (Phi) is 18.5. The molecule has 2 amide bonds. The third-order valence-electron chi connectivity index (χ3n) is 0.698. The number of carboxylic acids is 1. The summed E-state index contributed by atoms with van der Waals surface area (Å²) in [5.74, 6) is -0.935. The second-order valence-corrected chi connectivity index (χ2v) is 2.29. The molecule has 0 saturated heterocycles. The maximum absolute atomic E-state index is 9.60. The molecule has 88 valence electrons. The predicted molar refractivity (Wildman–Crippen MR) is 58.1 cm³/mol. The molecule has 0 fully saturated rings. The smallest absolute Gasteiger partial charge is 0.330 e. The van der Waals surface area contributed by atoms with Crippen LogP contribution in [-0.4, -0.2) is 28.8 Å². The lowest BCUT2D eigenvalue weighted by molar-refractivity contribution is -0.132. The third kappa shape index (κ3) is 72.2. The van der Waals surface area contributed by atoms with E-state index in [4.69, 9.17) is 15.0 Å². The molecule has 0 unspecified atom stereocenters. The van der Waals surface area contributed by atoms with Crippen molar-refractivity contribution in [2.45, 2.75) is 13.3 Å². The molecule has 0 saturated carbocycles. The quantitative estimate of drug-likeness (QED) is 0.399. The van der Waals surface area contributed by atoms with Crippen LogP contribution in [0.3, 0.4) is 0 Å². The van der Waals surface area contributed by atoms with Crippen LogP contribution in [0.5, 0.6) is 0 Å². The number of carboxylic acid groups (broad SMARTS) is 1. The van der Waals surface area contributed by atoms with Crippen molar-refractivity contribution in [3.8, 4) is 0 Å². The zero-order chi connectivity index (χ0) is 12.9. The molecule has 0 rings (SSSR count). The second-order valence-electron chi connectivity index (χ2n) is 2.29. The highest BCUT2D eigenvalue weighted by atomic mass is 16.4. The van der Waals surface area contributed by atoms with E-state index in [1.807, 2.05) is 0 Å². The fourth-order valence-corrected chi connectivity index (χ4v) is 0.0913. The summed E-state index contributed by atoms with van der Waals surface area (Å²) in [6.07, 6.45) is 2.39. The molecule has 0 spiro atoms. The van der Waals surface area contributed by atoms with E-state index in [0.29, 0.717) is 6.42 Å². The summed E-state index contributed by atoms with van der Waals surface area (Å²) >= 11 is 0. The van der Waals surface area contributed by atoms with Crippen molar-refractivity contribution in [1.82, 2.24) is 0 Å². The van der Waals surface area contributed by atoms with Gasteiger partial charge in [-0.15, -0.1) is 6.58 Å². The van der Waals surface area contributed by atoms with Crippen LogP contribution in [0.25, 0.3) is 0 Å². The van der Waals surface area contributed by atoms with Gasteiger partial charge in [-0.3, -0.25) is 0 Å². The van der Waals surface area contributed by atoms with E-state index in [0.717, 1.165) is 0 Å². The summed E-state index contributed by atoms with van der Waals surface area (Å²) in [6.45, 7) is 8.22. The number of primary amides is 2. The highest BCUT2D eigenvalue weighted by Gasteiger charge is 1.90. The van der Waals surface area contributed by atoms with Crippen molar-refractivity contribution >= 4 is 12.0 Å². The lowest BCUT2D eigenvalue weighted by Crippen LogP contribution is -2.18. The highest BCUT2D eigenvalue weighted by Crippen LogP contribution is 1.81. The summed E-state index contributed by atoms with van der Waals surface area (Å²) < 4.78 is 0. The largest absolute Gasteiger partial charge is 0.478 e. The van der Waals surface area contributed by atoms with Crippen LogP contribution in [0.2, 0.25) is 0 Å². The molecule has 0 aliphatic rings. The number of nitrogens with two attached hydrogens (primary N) is 2. The van der Waals surface area contributed by atoms with Gasteiger partial charge in [-0.05, 0) is 13.3 Å². The fourth-order valence-electron chi connectivity index (χ4n) is 0.0913. The molecule has 6 N–H and O–H groups in total. The molecule has 6 nitrogen and oxygen atoms in total. The lowest BCUT2D eigenvalue weighted by Gasteiger charge is -1.79. The van der Waals surface area contributed by atoms with E-state index in [9.17, 15) is 4.79 Å². The summed E-state index contributed by atoms with van der Waals surface area (Å²) in [5.41, 5.74) is 8.68. The first-order valence-electron chi connectivity index (χ1n) is 3.95. The minimum absolute atomic E-state index is 0.176. The zero-order valence-electron chi connectivity index (χ0n) is 8.77. The first-order chi connectivity index (χ1) is 6.79. The number of hydrogen-bond acceptors (Lipinski definition) is 3. The molecule has 0 bridgehead atoms. The van der Waals surface area contributed by atoms with Crippen LogP contribution < -0.4 is 11.5 Å². The number of rotatable bonds is 3. The number of aliphatic carboxylic acids is 1. The van der Waals surface area contributed by atoms with E-state index < -0.39 is 12.0 Å². The molecule has 0 aromatic carbocycles. The van der Waals surface area contributed by atoms with Crippen molar-refractivity contribution in [2.24, 2.45) is 11.5 Å². The van der Waals surface area contributed by atoms with Gasteiger partial charge in [0.05, 0.1) is 0 Å². The zero-order valence-corrected chi connectivity index (χ0v) is 8.77. The standard InChI is InChI=1S/C4H6O2.C4H8O.CH4N2O/c1-3(2)4(5)6;1-2-3-4-5;2-1(3)4/h1H2,2H3,(H,5,6);2,5H,1,3-4H2;(H4,2,3,4). The Morgan fingerprint density at radius 1 is 1.40 bits per heavy atom. The number of carbonyl (C=O) groups excluding carboxylic acids is 1. The molecule has 6 heteroatoms. The van der Waals surface area contributed by atoms with E-state index in [-0.39, 0.29) is 12.2 Å². The lowest BCUT2D eigenvalue weighted by atomic mass is 10.4. The van der Waals surface area contributed by atoms with Crippen LogP contribution in [0.1, 0.15) is 13.3 Å². The first-order valence-corrected chi connectivity index (χ1v) is 3.95. The maximum atomic E-state index is 9.60. The van der Waals surface area contributed by atoms with E-state index in [1.165, 1.54) is 6.92 Å². The average molecular weight is 218 g/mol. The molecular formula is C9H18N2O4. The number of aliphatic hydroxyl groups is 1. The van der Waals surface area contributed by atoms with E-state index in [1.54, 1.807) is 6.08 Å². The van der Waals surface area contributed by atoms with Crippen molar-refractivity contribution in [3.63, 3.8) is 0 Å². The van der Waals surface area contributed by atoms with Crippen molar-refractivity contribution in [2.75, 3.05) is 6.61 Å². The average Bonchev–Trinajstić information content (AvgIpc) is 2.05. The van der Waals surface area contributed by atoms with Gasteiger partial charge in [-0.1, -0.05) is 12.7 Å². The normalized spacial score (nSPS) is 7.07. The van der Waals surface area contributed by atoms with Crippen molar-refractivity contribution < 1.29 is 19.8 Å². The summed E-state index contributed by atoms with van der Waals surface area (Å²) in [5, 5.41) is 15.9. The molecule has 0 radical (unpaired) electrons. The van der Waals surface area contributed by atoms with Crippen LogP contribution >= 0.6 is 0 Å². The molecular weight excluding hydrogens is 200 g/mol. The molecule has 0 aromatic rings. The van der Waals surface area contributed by atoms with Crippen LogP contribution in [-0.2, 0) is 4.79 Å². The van der Waals surface area contributed by atoms with Gasteiger partial charge < -0.3 is 21.7 Å². The molecule has 0 heterocycles. The van der Waals surface area contributed by atoms with Crippen LogP contribution in [0.4, 0.5) is 4.79 Å². The van der Waals surface area contributed by atoms with Gasteiger partial charge in [0.25, 0.3) is 0 Å². The van der Waals surface area contributed by atoms with Crippen LogP contribution in [0, 0.1) is 0 Å². The Morgan fingerprint density at radius 2 is 1.67 bits per heavy atom. The number of aliphatic hydroxyl groups excluding tert-OH is 1. The van der Waals surface area contributed by atoms with E-state index >= 15 is 0 Å². The Morgan fingerprint density at radius 3 is 1.67 bits per heavy atom. The van der Waals surface area contributed by atoms with Gasteiger partial charge in [0.1, 0.15) is 0 Å². The van der Waals surface area contributed by atoms with Gasteiger partial charge in [0.15, 0.2) is 0 Å². The third-order valence-corrected chi connectivity index (χ3v) is 0.698. The second kappa shape index (κ2) is 14.7. The van der Waals surface area contributed by atoms with Gasteiger partial charge in [-0.2, -0.15) is 0 Å². The van der Waals surface area contributed by atoms with Crippen molar-refractivity contribution in [1.29, 1.82) is 0 Å². The Labute approximate surface area is 88.9 Å². The SMILES string of the molecule is C=C(C)C(=O)O.C=CCCO.NC(N)=O. The van der Waals surface area contributed by atoms with Gasteiger partial charge in [-0.25, -0.2) is 9.59 Å². The molecule has 15 heavy (non-hydrogen) atoms. The summed E-state index contributed by atoms with van der Waals surface area (Å²) in [6, 6.07) is -0.833. The fraction of sp³-hybridized carbons (Fsp3) is 0.333. The number of carbonyl (C=O) groups is 2. The monoisotopic (exact) mass is 218 g/mol. The number of hydrogen-bond donors (Lipinski definition) is 4. The van der Waals surface area contributed by atoms with Gasteiger partial charge >= 0.3 is 12.0 Å². The minimum Gasteiger partial charge on any atom is -0.478 e. The van der Waals surface area contributed by atoms with E-state index in [2.05, 4.69) is 24.6 Å². The minimum atomic E-state index is -0.935. The van der Waals surface area contributed by atoms with Crippen LogP contribution in [0.15, 0.2) is 24.8 Å². The number of amides is 2. The van der Waals surface area contributed by atoms with Gasteiger partial charge in [0, 0.05) is 12.2 Å². The first kappa shape index (κ1) is 18.9. The molecule has 0 aliphatic heterocycles. The molecule has 0 aliphatic carbocycles. The maximum Gasteiger partial charge on any atom is 0.330 e. The highest BCUT2D eigenvalue weighted by molar-refractivity contribution is 5.84. The van der Waals surface area contributed by atoms with Crippen molar-refractivity contribution in [3.05, 3.63) is 24.8 Å². The topological polar surface area (TPSA) is 127 Å². The Balaban J connectivity index is -0.000000147.